The van der Waals surface area contributed by atoms with Crippen molar-refractivity contribution in [3.63, 3.8) is 0 Å². The van der Waals surface area contributed by atoms with Crippen molar-refractivity contribution in [3.05, 3.63) is 65.5 Å². The molecule has 11 heteroatoms. The molecule has 0 atom stereocenters. The second-order valence-electron chi connectivity index (χ2n) is 10.3. The standard InChI is InChI=1S/C29H28F3N3O5/c1-34-15-22(28(36)37)20-9-8-18(14-24(20)34)35-12-10-19(11-13-35)38-16-23-26(33-40-27(23)17-6-7-17)21-4-2-3-5-25(21)39-29(30,31)32/h2-5,8-9,14-15,17,19H,6-7,10-13,16H2,1H3,(H,36,37). The zero-order valence-electron chi connectivity index (χ0n) is 21.8. The molecule has 0 spiro atoms. The van der Waals surface area contributed by atoms with Crippen molar-refractivity contribution in [1.82, 2.24) is 9.72 Å². The summed E-state index contributed by atoms with van der Waals surface area (Å²) in [6.45, 7) is 1.68. The van der Waals surface area contributed by atoms with Crippen molar-refractivity contribution < 1.29 is 37.1 Å². The Bertz CT molecular complexity index is 1550. The Kier molecular flexibility index (Phi) is 6.69. The van der Waals surface area contributed by atoms with Gasteiger partial charge in [-0.25, -0.2) is 4.79 Å². The van der Waals surface area contributed by atoms with Gasteiger partial charge in [-0.3, -0.25) is 0 Å². The lowest BCUT2D eigenvalue weighted by Crippen LogP contribution is -2.37. The second-order valence-corrected chi connectivity index (χ2v) is 10.3. The SMILES string of the molecule is Cn1cc(C(=O)O)c2ccc(N3CCC(OCc4c(-c5ccccc5OC(F)(F)F)noc4C4CC4)CC3)cc21. The molecule has 2 aliphatic rings. The second kappa shape index (κ2) is 10.2. The number of carboxylic acids is 1. The Morgan fingerprint density at radius 1 is 1.12 bits per heavy atom. The van der Waals surface area contributed by atoms with Crippen LogP contribution in [0.2, 0.25) is 0 Å². The molecule has 210 valence electrons. The number of benzene rings is 2. The molecule has 0 unspecified atom stereocenters. The fourth-order valence-corrected chi connectivity index (χ4v) is 5.44. The van der Waals surface area contributed by atoms with Crippen LogP contribution < -0.4 is 9.64 Å². The molecule has 0 radical (unpaired) electrons. The normalized spacial score (nSPS) is 16.6. The summed E-state index contributed by atoms with van der Waals surface area (Å²) in [6.07, 6.45) is 0.176. The number of carbonyl (C=O) groups is 1. The largest absolute Gasteiger partial charge is 0.573 e. The number of ether oxygens (including phenoxy) is 2. The third kappa shape index (κ3) is 5.25. The molecule has 6 rings (SSSR count). The lowest BCUT2D eigenvalue weighted by atomic mass is 10.0. The number of hydrogen-bond donors (Lipinski definition) is 1. The molecule has 40 heavy (non-hydrogen) atoms. The summed E-state index contributed by atoms with van der Waals surface area (Å²) in [4.78, 5) is 13.8. The first kappa shape index (κ1) is 26.2. The van der Waals surface area contributed by atoms with Crippen LogP contribution in [-0.2, 0) is 18.4 Å². The summed E-state index contributed by atoms with van der Waals surface area (Å²) >= 11 is 0. The Labute approximate surface area is 227 Å². The number of fused-ring (bicyclic) bond motifs is 1. The van der Waals surface area contributed by atoms with E-state index in [4.69, 9.17) is 9.26 Å². The molecule has 1 aliphatic heterocycles. The molecule has 2 fully saturated rings. The summed E-state index contributed by atoms with van der Waals surface area (Å²) in [5.41, 5.74) is 3.36. The molecule has 1 N–H and O–H groups in total. The van der Waals surface area contributed by atoms with Gasteiger partial charge in [0, 0.05) is 54.5 Å². The summed E-state index contributed by atoms with van der Waals surface area (Å²) < 4.78 is 57.1. The van der Waals surface area contributed by atoms with Crippen LogP contribution in [0.25, 0.3) is 22.2 Å². The molecule has 2 aromatic heterocycles. The van der Waals surface area contributed by atoms with Crippen molar-refractivity contribution in [3.8, 4) is 17.0 Å². The van der Waals surface area contributed by atoms with Gasteiger partial charge in [0.2, 0.25) is 0 Å². The van der Waals surface area contributed by atoms with E-state index in [1.165, 1.54) is 12.1 Å². The molecule has 2 aromatic carbocycles. The average Bonchev–Trinajstić information content (AvgIpc) is 3.60. The van der Waals surface area contributed by atoms with E-state index in [0.29, 0.717) is 22.4 Å². The van der Waals surface area contributed by atoms with E-state index in [0.717, 1.165) is 50.0 Å². The number of para-hydroxylation sites is 1. The highest BCUT2D eigenvalue weighted by Gasteiger charge is 2.36. The number of aromatic carboxylic acids is 1. The van der Waals surface area contributed by atoms with Crippen molar-refractivity contribution in [2.75, 3.05) is 18.0 Å². The van der Waals surface area contributed by atoms with Crippen LogP contribution in [0.15, 0.2) is 53.2 Å². The number of aromatic nitrogens is 2. The van der Waals surface area contributed by atoms with Crippen LogP contribution in [0.3, 0.4) is 0 Å². The minimum absolute atomic E-state index is 0.0369. The predicted molar refractivity (Wildman–Crippen MR) is 140 cm³/mol. The fourth-order valence-electron chi connectivity index (χ4n) is 5.44. The minimum atomic E-state index is -4.83. The van der Waals surface area contributed by atoms with Crippen LogP contribution in [0.5, 0.6) is 5.75 Å². The first-order valence-electron chi connectivity index (χ1n) is 13.2. The van der Waals surface area contributed by atoms with E-state index >= 15 is 0 Å². The van der Waals surface area contributed by atoms with Crippen molar-refractivity contribution in [1.29, 1.82) is 0 Å². The lowest BCUT2D eigenvalue weighted by Gasteiger charge is -2.33. The van der Waals surface area contributed by atoms with Crippen LogP contribution in [0, 0.1) is 0 Å². The van der Waals surface area contributed by atoms with Crippen LogP contribution in [0.4, 0.5) is 18.9 Å². The first-order chi connectivity index (χ1) is 19.2. The smallest absolute Gasteiger partial charge is 0.478 e. The van der Waals surface area contributed by atoms with Gasteiger partial charge in [-0.15, -0.1) is 13.2 Å². The van der Waals surface area contributed by atoms with Crippen molar-refractivity contribution >= 4 is 22.6 Å². The molecule has 1 aliphatic carbocycles. The molecule has 8 nitrogen and oxygen atoms in total. The van der Waals surface area contributed by atoms with Gasteiger partial charge in [-0.05, 0) is 56.0 Å². The highest BCUT2D eigenvalue weighted by Crippen LogP contribution is 2.46. The Morgan fingerprint density at radius 2 is 1.88 bits per heavy atom. The summed E-state index contributed by atoms with van der Waals surface area (Å²) in [6, 6.07) is 11.7. The predicted octanol–water partition coefficient (Wildman–Crippen LogP) is 6.49. The fraction of sp³-hybridized carbons (Fsp3) is 0.379. The quantitative estimate of drug-likeness (QED) is 0.266. The molecular formula is C29H28F3N3O5. The zero-order chi connectivity index (χ0) is 28.0. The molecule has 3 heterocycles. The highest BCUT2D eigenvalue weighted by molar-refractivity contribution is 6.04. The highest BCUT2D eigenvalue weighted by atomic mass is 19.4. The van der Waals surface area contributed by atoms with Crippen molar-refractivity contribution in [2.24, 2.45) is 7.05 Å². The molecule has 1 saturated carbocycles. The van der Waals surface area contributed by atoms with Gasteiger partial charge in [0.05, 0.1) is 23.8 Å². The maximum Gasteiger partial charge on any atom is 0.573 e. The van der Waals surface area contributed by atoms with E-state index < -0.39 is 12.3 Å². The summed E-state index contributed by atoms with van der Waals surface area (Å²) in [5, 5.41) is 14.3. The van der Waals surface area contributed by atoms with Gasteiger partial charge in [0.15, 0.2) is 0 Å². The van der Waals surface area contributed by atoms with Gasteiger partial charge in [0.1, 0.15) is 17.2 Å². The van der Waals surface area contributed by atoms with E-state index in [1.807, 2.05) is 29.8 Å². The van der Waals surface area contributed by atoms with Crippen LogP contribution >= 0.6 is 0 Å². The number of carboxylic acid groups (broad SMARTS) is 1. The number of aryl methyl sites for hydroxylation is 1. The number of halogens is 3. The van der Waals surface area contributed by atoms with E-state index in [-0.39, 0.29) is 35.5 Å². The molecular weight excluding hydrogens is 527 g/mol. The Hall–Kier alpha value is -3.99. The molecule has 0 amide bonds. The molecule has 0 bridgehead atoms. The number of nitrogens with zero attached hydrogens (tertiary/aromatic N) is 3. The monoisotopic (exact) mass is 555 g/mol. The van der Waals surface area contributed by atoms with Gasteiger partial charge in [-0.1, -0.05) is 17.3 Å². The molecule has 4 aromatic rings. The zero-order valence-corrected chi connectivity index (χ0v) is 21.8. The topological polar surface area (TPSA) is 90.0 Å². The first-order valence-corrected chi connectivity index (χ1v) is 13.2. The molecule has 1 saturated heterocycles. The van der Waals surface area contributed by atoms with Crippen molar-refractivity contribution in [2.45, 2.75) is 50.7 Å². The Balaban J connectivity index is 1.15. The maximum atomic E-state index is 13.0. The third-order valence-electron chi connectivity index (χ3n) is 7.61. The van der Waals surface area contributed by atoms with E-state index in [9.17, 15) is 23.1 Å². The van der Waals surface area contributed by atoms with Crippen LogP contribution in [-0.4, -0.2) is 46.4 Å². The van der Waals surface area contributed by atoms with Crippen LogP contribution in [0.1, 0.15) is 53.3 Å². The number of rotatable bonds is 8. The minimum Gasteiger partial charge on any atom is -0.478 e. The van der Waals surface area contributed by atoms with Gasteiger partial charge in [-0.2, -0.15) is 0 Å². The number of hydrogen-bond acceptors (Lipinski definition) is 6. The Morgan fingerprint density at radius 3 is 2.58 bits per heavy atom. The van der Waals surface area contributed by atoms with E-state index in [1.54, 1.807) is 18.3 Å². The van der Waals surface area contributed by atoms with Gasteiger partial charge >= 0.3 is 12.3 Å². The average molecular weight is 556 g/mol. The number of alkyl halides is 3. The van der Waals surface area contributed by atoms with Gasteiger partial charge < -0.3 is 28.6 Å². The van der Waals surface area contributed by atoms with Gasteiger partial charge in [0.25, 0.3) is 0 Å². The lowest BCUT2D eigenvalue weighted by molar-refractivity contribution is -0.274. The van der Waals surface area contributed by atoms with E-state index in [2.05, 4.69) is 14.8 Å². The maximum absolute atomic E-state index is 13.0. The summed E-state index contributed by atoms with van der Waals surface area (Å²) in [5.74, 6) is -0.406. The third-order valence-corrected chi connectivity index (χ3v) is 7.61. The number of anilines is 1. The summed E-state index contributed by atoms with van der Waals surface area (Å²) in [7, 11) is 1.83. The number of piperidine rings is 1.